The lowest BCUT2D eigenvalue weighted by atomic mass is 9.54. The molecule has 0 aromatic heterocycles. The van der Waals surface area contributed by atoms with Crippen molar-refractivity contribution in [1.82, 2.24) is 0 Å². The van der Waals surface area contributed by atoms with E-state index in [0.29, 0.717) is 11.6 Å². The van der Waals surface area contributed by atoms with Gasteiger partial charge in [0, 0.05) is 23.7 Å². The standard InChI is InChI=1S/C32H20O2/c33-31-17-9-5-13-1-2-14-6-10-18-26-22(14)21(13)25(17)29-27-19(31)11-7-15-3-4-16-8-12-20(32(18)34)28(30(26)29)24(16)23(15)27/h1-20H. The number of hydrogen-bond acceptors (Lipinski definition) is 2. The Morgan fingerprint density at radius 1 is 0.324 bits per heavy atom. The van der Waals surface area contributed by atoms with Crippen molar-refractivity contribution in [3.63, 3.8) is 0 Å². The average Bonchev–Trinajstić information content (AvgIpc) is 2.88. The van der Waals surface area contributed by atoms with Gasteiger partial charge in [-0.3, -0.25) is 9.59 Å². The van der Waals surface area contributed by atoms with E-state index < -0.39 is 0 Å². The number of benzene rings is 2. The van der Waals surface area contributed by atoms with Gasteiger partial charge in [-0.05, 0) is 55.3 Å². The van der Waals surface area contributed by atoms with E-state index in [1.807, 2.05) is 0 Å². The Bertz CT molecular complexity index is 1450. The molecule has 2 heteroatoms. The third kappa shape index (κ3) is 1.53. The summed E-state index contributed by atoms with van der Waals surface area (Å²) in [5, 5.41) is 2.66. The minimum atomic E-state index is -0.179. The summed E-state index contributed by atoms with van der Waals surface area (Å²) in [6.07, 6.45) is 26.9. The molecule has 0 heterocycles. The van der Waals surface area contributed by atoms with Crippen LogP contribution in [0.4, 0.5) is 0 Å². The summed E-state index contributed by atoms with van der Waals surface area (Å²) >= 11 is 0. The van der Waals surface area contributed by atoms with Crippen molar-refractivity contribution in [2.24, 2.45) is 0 Å². The fourth-order valence-electron chi connectivity index (χ4n) is 8.83. The lowest BCUT2D eigenvalue weighted by Gasteiger charge is -2.48. The monoisotopic (exact) mass is 436 g/mol. The number of Topliss-reactive ketones (excluding diaryl/α,β-unsaturated/α-hetero) is 2. The van der Waals surface area contributed by atoms with Crippen LogP contribution in [0.5, 0.6) is 0 Å². The van der Waals surface area contributed by atoms with E-state index in [0.717, 1.165) is 0 Å². The molecule has 8 aliphatic rings. The molecule has 2 aromatic carbocycles. The molecule has 10 rings (SSSR count). The zero-order valence-electron chi connectivity index (χ0n) is 18.4. The zero-order chi connectivity index (χ0) is 22.0. The molecule has 0 aliphatic heterocycles. The maximum Gasteiger partial charge on any atom is 0.155 e. The van der Waals surface area contributed by atoms with Crippen LogP contribution in [0.15, 0.2) is 72.9 Å². The molecule has 2 aromatic rings. The molecule has 0 saturated carbocycles. The molecule has 0 fully saturated rings. The zero-order valence-corrected chi connectivity index (χ0v) is 18.4. The average molecular weight is 437 g/mol. The molecule has 0 spiro atoms. The Morgan fingerprint density at radius 3 is 0.824 bits per heavy atom. The van der Waals surface area contributed by atoms with Crippen LogP contribution in [0.1, 0.15) is 91.9 Å². The van der Waals surface area contributed by atoms with Crippen molar-refractivity contribution < 1.29 is 9.59 Å². The van der Waals surface area contributed by atoms with Crippen molar-refractivity contribution in [1.29, 1.82) is 0 Å². The Hall–Kier alpha value is -3.52. The smallest absolute Gasteiger partial charge is 0.155 e. The van der Waals surface area contributed by atoms with E-state index >= 15 is 0 Å². The number of carbonyl (C=O) groups is 2. The van der Waals surface area contributed by atoms with Crippen LogP contribution in [0.25, 0.3) is 10.8 Å². The van der Waals surface area contributed by atoms with E-state index in [-0.39, 0.29) is 47.3 Å². The molecule has 8 atom stereocenters. The number of ketones is 2. The van der Waals surface area contributed by atoms with Crippen LogP contribution < -0.4 is 0 Å². The van der Waals surface area contributed by atoms with Gasteiger partial charge in [0.15, 0.2) is 11.6 Å². The first-order chi connectivity index (χ1) is 16.7. The Balaban J connectivity index is 1.54. The highest BCUT2D eigenvalue weighted by Gasteiger charge is 2.51. The lowest BCUT2D eigenvalue weighted by molar-refractivity contribution is -0.121. The highest BCUT2D eigenvalue weighted by Crippen LogP contribution is 2.63. The maximum absolute atomic E-state index is 14.0. The van der Waals surface area contributed by atoms with Crippen LogP contribution in [0.3, 0.4) is 0 Å². The summed E-state index contributed by atoms with van der Waals surface area (Å²) in [6.45, 7) is 0. The molecule has 0 amide bonds. The molecule has 0 N–H and O–H groups in total. The van der Waals surface area contributed by atoms with Gasteiger partial charge in [-0.25, -0.2) is 0 Å². The Labute approximate surface area is 196 Å². The van der Waals surface area contributed by atoms with Gasteiger partial charge in [-0.1, -0.05) is 72.9 Å². The molecule has 2 nitrogen and oxygen atoms in total. The second kappa shape index (κ2) is 5.10. The van der Waals surface area contributed by atoms with Crippen LogP contribution in [0.2, 0.25) is 0 Å². The van der Waals surface area contributed by atoms with Crippen LogP contribution in [-0.4, -0.2) is 11.6 Å². The number of carbonyl (C=O) groups excluding carboxylic acids is 2. The molecular weight excluding hydrogens is 416 g/mol. The molecule has 34 heavy (non-hydrogen) atoms. The third-order valence-corrected chi connectivity index (χ3v) is 9.97. The highest BCUT2D eigenvalue weighted by atomic mass is 16.1. The van der Waals surface area contributed by atoms with Crippen LogP contribution in [0, 0.1) is 0 Å². The first-order valence-electron chi connectivity index (χ1n) is 12.6. The third-order valence-electron chi connectivity index (χ3n) is 9.97. The summed E-state index contributed by atoms with van der Waals surface area (Å²) in [5.74, 6) is 0.722. The summed E-state index contributed by atoms with van der Waals surface area (Å²) in [7, 11) is 0. The predicted molar refractivity (Wildman–Crippen MR) is 131 cm³/mol. The van der Waals surface area contributed by atoms with E-state index in [1.54, 1.807) is 0 Å². The number of rotatable bonds is 0. The summed E-state index contributed by atoms with van der Waals surface area (Å²) < 4.78 is 0. The molecular formula is C32H20O2. The first-order valence-corrected chi connectivity index (χ1v) is 12.6. The van der Waals surface area contributed by atoms with Gasteiger partial charge in [0.05, 0.1) is 23.7 Å². The van der Waals surface area contributed by atoms with Gasteiger partial charge in [-0.15, -0.1) is 0 Å². The summed E-state index contributed by atoms with van der Waals surface area (Å²) in [5.41, 5.74) is 10.4. The van der Waals surface area contributed by atoms with Gasteiger partial charge >= 0.3 is 0 Å². The number of hydrogen-bond donors (Lipinski definition) is 0. The fourth-order valence-corrected chi connectivity index (χ4v) is 8.83. The van der Waals surface area contributed by atoms with E-state index in [4.69, 9.17) is 0 Å². The summed E-state index contributed by atoms with van der Waals surface area (Å²) in [6, 6.07) is 0. The van der Waals surface area contributed by atoms with E-state index in [9.17, 15) is 9.59 Å². The minimum absolute atomic E-state index is 0.179. The van der Waals surface area contributed by atoms with Crippen molar-refractivity contribution in [3.8, 4) is 0 Å². The topological polar surface area (TPSA) is 34.1 Å². The normalized spacial score (nSPS) is 38.6. The summed E-state index contributed by atoms with van der Waals surface area (Å²) in [4.78, 5) is 28.0. The fraction of sp³-hybridized carbons (Fsp3) is 0.250. The lowest BCUT2D eigenvalue weighted by Crippen LogP contribution is -2.37. The minimum Gasteiger partial charge on any atom is -0.298 e. The highest BCUT2D eigenvalue weighted by molar-refractivity contribution is 6.17. The van der Waals surface area contributed by atoms with Gasteiger partial charge in [0.2, 0.25) is 0 Å². The molecule has 0 bridgehead atoms. The van der Waals surface area contributed by atoms with Crippen LogP contribution >= 0.6 is 0 Å². The van der Waals surface area contributed by atoms with E-state index in [2.05, 4.69) is 72.9 Å². The SMILES string of the molecule is O=C1C2C=CC3C=CC4C=CC5C(=O)C6C=CC7C=CC8C=CC1c1c8c7c6c6c5c4c3c2c16. The Kier molecular flexibility index (Phi) is 2.55. The molecule has 0 saturated heterocycles. The molecule has 8 unspecified atom stereocenters. The van der Waals surface area contributed by atoms with Crippen molar-refractivity contribution in [2.75, 3.05) is 0 Å². The Morgan fingerprint density at radius 2 is 0.559 bits per heavy atom. The second-order valence-electron chi connectivity index (χ2n) is 11.2. The van der Waals surface area contributed by atoms with Gasteiger partial charge in [0.25, 0.3) is 0 Å². The quantitative estimate of drug-likeness (QED) is 0.468. The van der Waals surface area contributed by atoms with Crippen molar-refractivity contribution in [3.05, 3.63) is 117 Å². The second-order valence-corrected chi connectivity index (χ2v) is 11.2. The predicted octanol–water partition coefficient (Wildman–Crippen LogP) is 6.09. The van der Waals surface area contributed by atoms with Gasteiger partial charge in [-0.2, -0.15) is 0 Å². The number of allylic oxidation sites excluding steroid dienone is 12. The molecule has 8 aliphatic carbocycles. The van der Waals surface area contributed by atoms with Crippen LogP contribution in [-0.2, 0) is 9.59 Å². The van der Waals surface area contributed by atoms with Crippen molar-refractivity contribution in [2.45, 2.75) is 47.3 Å². The van der Waals surface area contributed by atoms with E-state index in [1.165, 1.54) is 55.3 Å². The van der Waals surface area contributed by atoms with Gasteiger partial charge < -0.3 is 0 Å². The van der Waals surface area contributed by atoms with Gasteiger partial charge in [0.1, 0.15) is 0 Å². The molecule has 160 valence electrons. The molecule has 0 radical (unpaired) electrons. The van der Waals surface area contributed by atoms with Crippen molar-refractivity contribution >= 4 is 22.3 Å². The largest absolute Gasteiger partial charge is 0.298 e. The first kappa shape index (κ1) is 17.0. The maximum atomic E-state index is 14.0.